The topological polar surface area (TPSA) is 70.6 Å². The molecular weight excluding hydrogens is 362 g/mol. The van der Waals surface area contributed by atoms with Crippen molar-refractivity contribution in [3.8, 4) is 0 Å². The molecule has 1 aliphatic carbocycles. The number of rotatable bonds is 8. The van der Waals surface area contributed by atoms with Gasteiger partial charge in [-0.15, -0.1) is 0 Å². The molecule has 0 radical (unpaired) electrons. The zero-order chi connectivity index (χ0) is 19.4. The highest BCUT2D eigenvalue weighted by molar-refractivity contribution is 7.92. The van der Waals surface area contributed by atoms with E-state index in [0.29, 0.717) is 24.7 Å². The fourth-order valence-electron chi connectivity index (χ4n) is 3.02. The highest BCUT2D eigenvalue weighted by Crippen LogP contribution is 2.31. The van der Waals surface area contributed by atoms with Crippen LogP contribution >= 0.6 is 0 Å². The van der Waals surface area contributed by atoms with E-state index < -0.39 is 10.0 Å². The SMILES string of the molecule is CCCN(CC1CC1)C(=O)c1ccccc1S(=O)(=O)N(C)c1cccnc1. The highest BCUT2D eigenvalue weighted by Gasteiger charge is 2.31. The summed E-state index contributed by atoms with van der Waals surface area (Å²) in [5.41, 5.74) is 0.672. The molecule has 0 N–H and O–H groups in total. The Labute approximate surface area is 160 Å². The van der Waals surface area contributed by atoms with Gasteiger partial charge in [0.1, 0.15) is 4.90 Å². The smallest absolute Gasteiger partial charge is 0.264 e. The van der Waals surface area contributed by atoms with Crippen molar-refractivity contribution < 1.29 is 13.2 Å². The first-order valence-electron chi connectivity index (χ1n) is 9.22. The first kappa shape index (κ1) is 19.4. The summed E-state index contributed by atoms with van der Waals surface area (Å²) in [5.74, 6) is 0.324. The second kappa shape index (κ2) is 8.08. The fourth-order valence-corrected chi connectivity index (χ4v) is 4.39. The molecule has 0 saturated heterocycles. The molecule has 7 heteroatoms. The van der Waals surface area contributed by atoms with E-state index in [0.717, 1.165) is 23.6 Å². The number of anilines is 1. The number of sulfonamides is 1. The molecule has 144 valence electrons. The van der Waals surface area contributed by atoms with Gasteiger partial charge in [0.05, 0.1) is 17.4 Å². The number of amides is 1. The van der Waals surface area contributed by atoms with Crippen LogP contribution in [0.5, 0.6) is 0 Å². The molecule has 0 spiro atoms. The summed E-state index contributed by atoms with van der Waals surface area (Å²) >= 11 is 0. The number of nitrogens with zero attached hydrogens (tertiary/aromatic N) is 3. The van der Waals surface area contributed by atoms with E-state index in [4.69, 9.17) is 0 Å². The number of benzene rings is 1. The van der Waals surface area contributed by atoms with E-state index in [1.807, 2.05) is 6.92 Å². The van der Waals surface area contributed by atoms with Gasteiger partial charge in [0, 0.05) is 26.3 Å². The zero-order valence-corrected chi connectivity index (χ0v) is 16.5. The van der Waals surface area contributed by atoms with Crippen LogP contribution in [-0.2, 0) is 10.0 Å². The van der Waals surface area contributed by atoms with Crippen LogP contribution in [-0.4, -0.2) is 44.3 Å². The van der Waals surface area contributed by atoms with E-state index in [1.54, 1.807) is 41.4 Å². The third-order valence-electron chi connectivity index (χ3n) is 4.72. The number of carbonyl (C=O) groups is 1. The van der Waals surface area contributed by atoms with Gasteiger partial charge in [0.15, 0.2) is 0 Å². The van der Waals surface area contributed by atoms with E-state index in [1.165, 1.54) is 19.3 Å². The fraction of sp³-hybridized carbons (Fsp3) is 0.400. The Morgan fingerprint density at radius 3 is 2.56 bits per heavy atom. The Kier molecular flexibility index (Phi) is 5.79. The summed E-state index contributed by atoms with van der Waals surface area (Å²) in [6.45, 7) is 3.34. The average Bonchev–Trinajstić information content (AvgIpc) is 3.51. The molecule has 0 aliphatic heterocycles. The Morgan fingerprint density at radius 2 is 1.93 bits per heavy atom. The predicted molar refractivity (Wildman–Crippen MR) is 105 cm³/mol. The lowest BCUT2D eigenvalue weighted by Crippen LogP contribution is -2.36. The Balaban J connectivity index is 1.96. The van der Waals surface area contributed by atoms with Crippen molar-refractivity contribution >= 4 is 21.6 Å². The van der Waals surface area contributed by atoms with Crippen molar-refractivity contribution in [1.82, 2.24) is 9.88 Å². The summed E-state index contributed by atoms with van der Waals surface area (Å²) in [7, 11) is -2.41. The van der Waals surface area contributed by atoms with Gasteiger partial charge in [0.2, 0.25) is 0 Å². The summed E-state index contributed by atoms with van der Waals surface area (Å²) < 4.78 is 27.6. The van der Waals surface area contributed by atoms with Crippen LogP contribution in [0.3, 0.4) is 0 Å². The number of aromatic nitrogens is 1. The minimum Gasteiger partial charge on any atom is -0.338 e. The number of hydrogen-bond donors (Lipinski definition) is 0. The van der Waals surface area contributed by atoms with Crippen LogP contribution in [0.4, 0.5) is 5.69 Å². The minimum atomic E-state index is -3.88. The average molecular weight is 388 g/mol. The molecule has 1 saturated carbocycles. The molecule has 0 unspecified atom stereocenters. The largest absolute Gasteiger partial charge is 0.338 e. The standard InChI is InChI=1S/C20H25N3O3S/c1-3-13-23(15-16-10-11-16)20(24)18-8-4-5-9-19(18)27(25,26)22(2)17-7-6-12-21-14-17/h4-9,12,14,16H,3,10-11,13,15H2,1-2H3. The van der Waals surface area contributed by atoms with E-state index in [9.17, 15) is 13.2 Å². The van der Waals surface area contributed by atoms with Gasteiger partial charge >= 0.3 is 0 Å². The van der Waals surface area contributed by atoms with Gasteiger partial charge in [0.25, 0.3) is 15.9 Å². The third-order valence-corrected chi connectivity index (χ3v) is 6.57. The zero-order valence-electron chi connectivity index (χ0n) is 15.7. The summed E-state index contributed by atoms with van der Waals surface area (Å²) in [5, 5.41) is 0. The molecule has 0 bridgehead atoms. The van der Waals surface area contributed by atoms with Gasteiger partial charge in [-0.1, -0.05) is 19.1 Å². The van der Waals surface area contributed by atoms with Crippen LogP contribution < -0.4 is 4.31 Å². The van der Waals surface area contributed by atoms with Crippen molar-refractivity contribution in [2.24, 2.45) is 5.92 Å². The van der Waals surface area contributed by atoms with E-state index in [2.05, 4.69) is 4.98 Å². The van der Waals surface area contributed by atoms with E-state index >= 15 is 0 Å². The maximum absolute atomic E-state index is 13.2. The molecule has 1 heterocycles. The predicted octanol–water partition coefficient (Wildman–Crippen LogP) is 3.17. The summed E-state index contributed by atoms with van der Waals surface area (Å²) in [6, 6.07) is 9.80. The molecule has 1 aromatic heterocycles. The highest BCUT2D eigenvalue weighted by atomic mass is 32.2. The monoisotopic (exact) mass is 387 g/mol. The number of carbonyl (C=O) groups excluding carboxylic acids is 1. The first-order chi connectivity index (χ1) is 12.9. The molecule has 0 atom stereocenters. The van der Waals surface area contributed by atoms with Gasteiger partial charge in [-0.2, -0.15) is 0 Å². The second-order valence-electron chi connectivity index (χ2n) is 6.87. The van der Waals surface area contributed by atoms with Gasteiger partial charge < -0.3 is 4.90 Å². The maximum Gasteiger partial charge on any atom is 0.264 e. The van der Waals surface area contributed by atoms with Crippen LogP contribution in [0, 0.1) is 5.92 Å². The Morgan fingerprint density at radius 1 is 1.19 bits per heavy atom. The van der Waals surface area contributed by atoms with Crippen molar-refractivity contribution in [3.05, 3.63) is 54.4 Å². The molecule has 2 aromatic rings. The molecule has 1 amide bonds. The Hall–Kier alpha value is -2.41. The number of hydrogen-bond acceptors (Lipinski definition) is 4. The van der Waals surface area contributed by atoms with Crippen molar-refractivity contribution in [2.45, 2.75) is 31.1 Å². The second-order valence-corrected chi connectivity index (χ2v) is 8.81. The lowest BCUT2D eigenvalue weighted by Gasteiger charge is -2.25. The van der Waals surface area contributed by atoms with Crippen LogP contribution in [0.15, 0.2) is 53.7 Å². The minimum absolute atomic E-state index is 0.0262. The van der Waals surface area contributed by atoms with Gasteiger partial charge in [-0.25, -0.2) is 8.42 Å². The number of pyridine rings is 1. The van der Waals surface area contributed by atoms with Crippen LogP contribution in [0.1, 0.15) is 36.5 Å². The maximum atomic E-state index is 13.2. The molecule has 6 nitrogen and oxygen atoms in total. The molecule has 1 aliphatic rings. The summed E-state index contributed by atoms with van der Waals surface area (Å²) in [4.78, 5) is 19.0. The molecule has 3 rings (SSSR count). The quantitative estimate of drug-likeness (QED) is 0.698. The molecular formula is C20H25N3O3S. The van der Waals surface area contributed by atoms with Crippen molar-refractivity contribution in [2.75, 3.05) is 24.4 Å². The van der Waals surface area contributed by atoms with Crippen molar-refractivity contribution in [3.63, 3.8) is 0 Å². The molecule has 1 fully saturated rings. The molecule has 27 heavy (non-hydrogen) atoms. The van der Waals surface area contributed by atoms with Gasteiger partial charge in [-0.3, -0.25) is 14.1 Å². The van der Waals surface area contributed by atoms with E-state index in [-0.39, 0.29) is 16.4 Å². The third kappa shape index (κ3) is 4.30. The normalized spacial score (nSPS) is 14.0. The van der Waals surface area contributed by atoms with Crippen LogP contribution in [0.2, 0.25) is 0 Å². The lowest BCUT2D eigenvalue weighted by atomic mass is 10.2. The van der Waals surface area contributed by atoms with Gasteiger partial charge in [-0.05, 0) is 49.4 Å². The first-order valence-corrected chi connectivity index (χ1v) is 10.7. The molecule has 1 aromatic carbocycles. The Bertz CT molecular complexity index is 896. The van der Waals surface area contributed by atoms with Crippen molar-refractivity contribution in [1.29, 1.82) is 0 Å². The lowest BCUT2D eigenvalue weighted by molar-refractivity contribution is 0.0744. The van der Waals surface area contributed by atoms with Crippen LogP contribution in [0.25, 0.3) is 0 Å². The summed E-state index contributed by atoms with van der Waals surface area (Å²) in [6.07, 6.45) is 6.18.